The lowest BCUT2D eigenvalue weighted by molar-refractivity contribution is 0.0658. The van der Waals surface area contributed by atoms with Crippen LogP contribution in [-0.4, -0.2) is 47.2 Å². The number of fused-ring (bicyclic) bond motifs is 4. The molecule has 1 amide bonds. The smallest absolute Gasteiger partial charge is 0.254 e. The fraction of sp³-hybridized carbons (Fsp3) is 0.514. The van der Waals surface area contributed by atoms with Gasteiger partial charge in [-0.05, 0) is 106 Å². The van der Waals surface area contributed by atoms with Crippen molar-refractivity contribution in [3.63, 3.8) is 0 Å². The van der Waals surface area contributed by atoms with Crippen LogP contribution in [0.4, 0.5) is 0 Å². The molecule has 2 bridgehead atoms. The van der Waals surface area contributed by atoms with E-state index in [4.69, 9.17) is 14.9 Å². The Morgan fingerprint density at radius 2 is 1.83 bits per heavy atom. The summed E-state index contributed by atoms with van der Waals surface area (Å²) in [5.41, 5.74) is 12.9. The molecular weight excluding hydrogens is 510 g/mol. The fourth-order valence-electron chi connectivity index (χ4n) is 8.15. The van der Waals surface area contributed by atoms with E-state index in [1.165, 1.54) is 42.1 Å². The van der Waals surface area contributed by atoms with Gasteiger partial charge in [0.1, 0.15) is 5.58 Å². The van der Waals surface area contributed by atoms with Gasteiger partial charge in [0.25, 0.3) is 5.91 Å². The molecule has 2 aromatic heterocycles. The predicted molar refractivity (Wildman–Crippen MR) is 162 cm³/mol. The molecule has 4 aliphatic rings. The van der Waals surface area contributed by atoms with Crippen molar-refractivity contribution < 1.29 is 13.9 Å². The zero-order valence-corrected chi connectivity index (χ0v) is 24.3. The summed E-state index contributed by atoms with van der Waals surface area (Å²) in [6.07, 6.45) is 9.83. The van der Waals surface area contributed by atoms with Crippen molar-refractivity contribution in [1.82, 2.24) is 9.47 Å². The molecule has 214 valence electrons. The number of carbonyl (C=O) groups is 1. The molecule has 1 saturated heterocycles. The number of aryl methyl sites for hydroxylation is 1. The van der Waals surface area contributed by atoms with Crippen LogP contribution in [0, 0.1) is 18.8 Å². The average molecular weight is 552 g/mol. The number of hydrogen-bond donors (Lipinski definition) is 1. The number of likely N-dealkylation sites (tertiary alicyclic amines) is 1. The normalized spacial score (nSPS) is 27.9. The number of carbonyl (C=O) groups excluding carboxylic acids is 1. The number of amides is 1. The Labute approximate surface area is 241 Å². The molecule has 0 radical (unpaired) electrons. The van der Waals surface area contributed by atoms with E-state index in [1.807, 2.05) is 24.1 Å². The van der Waals surface area contributed by atoms with Crippen molar-refractivity contribution in [3.05, 3.63) is 59.2 Å². The van der Waals surface area contributed by atoms with Gasteiger partial charge in [0.15, 0.2) is 5.76 Å². The SMILES string of the molecule is COC1CCC(c2ccc3cc(-c4oc5cc(C(=O)N6CC7CCC6[C@@H]7N)ccc5c4C)n(CC4CC4)c3c2)CC1. The van der Waals surface area contributed by atoms with Crippen molar-refractivity contribution in [2.75, 3.05) is 13.7 Å². The van der Waals surface area contributed by atoms with Gasteiger partial charge in [0.2, 0.25) is 0 Å². The standard InChI is InChI=1S/C35H41N3O3/c1-20-28-13-9-25(35(39)38-19-26-10-14-29(38)33(26)36)17-32(28)41-34(20)31-16-24-6-5-23(22-7-11-27(40-2)12-8-22)15-30(24)37(31)18-21-3-4-21/h5-6,9,13,15-17,21-22,26-27,29,33H,3-4,7-8,10-12,14,18-19,36H2,1-2H3/t22?,26?,27?,29?,33-/m1/s1. The van der Waals surface area contributed by atoms with Crippen LogP contribution in [0.1, 0.15) is 78.8 Å². The molecule has 3 heterocycles. The maximum Gasteiger partial charge on any atom is 0.254 e. The van der Waals surface area contributed by atoms with Crippen LogP contribution < -0.4 is 5.73 Å². The number of hydrogen-bond acceptors (Lipinski definition) is 4. The summed E-state index contributed by atoms with van der Waals surface area (Å²) in [6, 6.07) is 15.7. The van der Waals surface area contributed by atoms with E-state index in [1.54, 1.807) is 0 Å². The second-order valence-corrected chi connectivity index (χ2v) is 13.3. The zero-order chi connectivity index (χ0) is 27.8. The summed E-state index contributed by atoms with van der Waals surface area (Å²) in [5.74, 6) is 2.79. The molecule has 3 aliphatic carbocycles. The van der Waals surface area contributed by atoms with Crippen molar-refractivity contribution in [1.29, 1.82) is 0 Å². The van der Waals surface area contributed by atoms with E-state index in [-0.39, 0.29) is 18.0 Å². The number of nitrogens with zero attached hydrogens (tertiary/aromatic N) is 2. The summed E-state index contributed by atoms with van der Waals surface area (Å²) in [4.78, 5) is 15.5. The number of methoxy groups -OCH3 is 1. The molecular formula is C35H41N3O3. The minimum Gasteiger partial charge on any atom is -0.454 e. The monoisotopic (exact) mass is 551 g/mol. The number of piperidine rings is 1. The molecule has 8 rings (SSSR count). The van der Waals surface area contributed by atoms with Crippen LogP contribution in [0.3, 0.4) is 0 Å². The van der Waals surface area contributed by atoms with Gasteiger partial charge in [-0.1, -0.05) is 18.2 Å². The van der Waals surface area contributed by atoms with E-state index in [0.29, 0.717) is 23.5 Å². The summed E-state index contributed by atoms with van der Waals surface area (Å²) < 4.78 is 14.8. The first kappa shape index (κ1) is 25.6. The molecule has 41 heavy (non-hydrogen) atoms. The molecule has 6 nitrogen and oxygen atoms in total. The minimum absolute atomic E-state index is 0.0834. The summed E-state index contributed by atoms with van der Waals surface area (Å²) in [6.45, 7) is 3.96. The number of benzene rings is 2. The van der Waals surface area contributed by atoms with Crippen LogP contribution in [0.5, 0.6) is 0 Å². The summed E-state index contributed by atoms with van der Waals surface area (Å²) in [5, 5.41) is 2.35. The van der Waals surface area contributed by atoms with Crippen molar-refractivity contribution in [2.45, 2.75) is 88.9 Å². The third-order valence-corrected chi connectivity index (χ3v) is 10.9. The predicted octanol–water partition coefficient (Wildman–Crippen LogP) is 7.01. The molecule has 3 saturated carbocycles. The van der Waals surface area contributed by atoms with Crippen molar-refractivity contribution in [2.24, 2.45) is 17.6 Å². The lowest BCUT2D eigenvalue weighted by Crippen LogP contribution is -2.41. The van der Waals surface area contributed by atoms with Gasteiger partial charge < -0.3 is 24.4 Å². The lowest BCUT2D eigenvalue weighted by Gasteiger charge is -2.28. The van der Waals surface area contributed by atoms with E-state index in [2.05, 4.69) is 41.8 Å². The summed E-state index contributed by atoms with van der Waals surface area (Å²) >= 11 is 0. The fourth-order valence-corrected chi connectivity index (χ4v) is 8.15. The Morgan fingerprint density at radius 3 is 2.54 bits per heavy atom. The van der Waals surface area contributed by atoms with Crippen LogP contribution in [0.2, 0.25) is 0 Å². The minimum atomic E-state index is 0.0834. The molecule has 4 fully saturated rings. The first-order valence-corrected chi connectivity index (χ1v) is 15.7. The topological polar surface area (TPSA) is 73.6 Å². The molecule has 0 spiro atoms. The van der Waals surface area contributed by atoms with Crippen LogP contribution in [0.25, 0.3) is 33.3 Å². The quantitative estimate of drug-likeness (QED) is 0.280. The largest absolute Gasteiger partial charge is 0.454 e. The third kappa shape index (κ3) is 4.25. The maximum atomic E-state index is 13.5. The second-order valence-electron chi connectivity index (χ2n) is 13.3. The highest BCUT2D eigenvalue weighted by Gasteiger charge is 2.46. The molecule has 1 aliphatic heterocycles. The van der Waals surface area contributed by atoms with Gasteiger partial charge in [-0.25, -0.2) is 0 Å². The molecule has 4 aromatic rings. The number of aromatic nitrogens is 1. The van der Waals surface area contributed by atoms with Crippen LogP contribution in [0.15, 0.2) is 46.9 Å². The maximum absolute atomic E-state index is 13.5. The van der Waals surface area contributed by atoms with Gasteiger partial charge in [-0.15, -0.1) is 0 Å². The van der Waals surface area contributed by atoms with Gasteiger partial charge in [0.05, 0.1) is 11.8 Å². The number of nitrogens with two attached hydrogens (primary N) is 1. The lowest BCUT2D eigenvalue weighted by atomic mass is 9.82. The Kier molecular flexibility index (Phi) is 6.08. The van der Waals surface area contributed by atoms with Crippen LogP contribution >= 0.6 is 0 Å². The van der Waals surface area contributed by atoms with E-state index >= 15 is 0 Å². The Hall–Kier alpha value is -3.09. The molecule has 2 N–H and O–H groups in total. The summed E-state index contributed by atoms with van der Waals surface area (Å²) in [7, 11) is 1.84. The van der Waals surface area contributed by atoms with Gasteiger partial charge in [0, 0.05) is 59.7 Å². The van der Waals surface area contributed by atoms with Crippen LogP contribution in [-0.2, 0) is 11.3 Å². The number of furan rings is 1. The first-order valence-electron chi connectivity index (χ1n) is 15.7. The highest BCUT2D eigenvalue weighted by molar-refractivity contribution is 6.00. The van der Waals surface area contributed by atoms with Gasteiger partial charge in [-0.3, -0.25) is 4.79 Å². The number of rotatable bonds is 6. The second kappa shape index (κ2) is 9.74. The molecule has 2 aromatic carbocycles. The zero-order valence-electron chi connectivity index (χ0n) is 24.3. The van der Waals surface area contributed by atoms with Crippen molar-refractivity contribution >= 4 is 27.8 Å². The Morgan fingerprint density at radius 1 is 1.00 bits per heavy atom. The average Bonchev–Trinajstić information content (AvgIpc) is 3.41. The Bertz CT molecular complexity index is 1640. The molecule has 6 heteroatoms. The third-order valence-electron chi connectivity index (χ3n) is 10.9. The van der Waals surface area contributed by atoms with Crippen molar-refractivity contribution in [3.8, 4) is 11.5 Å². The molecule has 2 unspecified atom stereocenters. The van der Waals surface area contributed by atoms with E-state index < -0.39 is 0 Å². The Balaban J connectivity index is 1.15. The number of ether oxygens (including phenoxy) is 1. The first-order chi connectivity index (χ1) is 20.0. The van der Waals surface area contributed by atoms with Gasteiger partial charge in [-0.2, -0.15) is 0 Å². The highest BCUT2D eigenvalue weighted by atomic mass is 16.5. The van der Waals surface area contributed by atoms with Gasteiger partial charge >= 0.3 is 0 Å². The van der Waals surface area contributed by atoms with E-state index in [9.17, 15) is 4.79 Å². The molecule has 3 atom stereocenters. The highest BCUT2D eigenvalue weighted by Crippen LogP contribution is 2.42. The van der Waals surface area contributed by atoms with E-state index in [0.717, 1.165) is 72.7 Å².